The van der Waals surface area contributed by atoms with E-state index in [2.05, 4.69) is 73.1 Å². The highest BCUT2D eigenvalue weighted by molar-refractivity contribution is 5.68. The summed E-state index contributed by atoms with van der Waals surface area (Å²) in [4.78, 5) is 17.3. The maximum atomic E-state index is 10.9. The smallest absolute Gasteiger partial charge is 0.341 e. The van der Waals surface area contributed by atoms with Gasteiger partial charge in [-0.15, -0.1) is 0 Å². The van der Waals surface area contributed by atoms with Crippen LogP contribution in [0.2, 0.25) is 0 Å². The van der Waals surface area contributed by atoms with Gasteiger partial charge in [0.15, 0.2) is 6.61 Å². The van der Waals surface area contributed by atoms with Crippen molar-refractivity contribution in [2.24, 2.45) is 5.92 Å². The summed E-state index contributed by atoms with van der Waals surface area (Å²) < 4.78 is 5.51. The third kappa shape index (κ3) is 5.25. The standard InChI is InChI=1S/C30H31NO4/c1-20(17-21-13-16-25-24(18-21)9-6-12-28(25)34-19-29(32)33)31-35-30-26-10-4-2-7-22(26)14-15-23-8-3-5-11-27(23)30/h2-12,17,21,30-31H,13-16,18-19H2,1H3,(H,32,33). The van der Waals surface area contributed by atoms with Crippen molar-refractivity contribution in [3.8, 4) is 5.75 Å². The number of hydrogen-bond acceptors (Lipinski definition) is 4. The second-order valence-electron chi connectivity index (χ2n) is 9.43. The fourth-order valence-corrected chi connectivity index (χ4v) is 5.36. The highest BCUT2D eigenvalue weighted by atomic mass is 16.7. The molecule has 0 spiro atoms. The first-order valence-electron chi connectivity index (χ1n) is 12.3. The van der Waals surface area contributed by atoms with Gasteiger partial charge in [-0.1, -0.05) is 66.7 Å². The Hall–Kier alpha value is -3.57. The maximum absolute atomic E-state index is 10.9. The van der Waals surface area contributed by atoms with E-state index in [1.807, 2.05) is 12.1 Å². The molecule has 0 heterocycles. The molecule has 0 amide bonds. The number of allylic oxidation sites excluding steroid dienone is 2. The molecule has 0 radical (unpaired) electrons. The molecule has 3 aromatic carbocycles. The van der Waals surface area contributed by atoms with Crippen molar-refractivity contribution < 1.29 is 19.5 Å². The molecule has 3 aromatic rings. The molecule has 0 saturated heterocycles. The number of benzene rings is 3. The number of aryl methyl sites for hydroxylation is 2. The molecule has 0 fully saturated rings. The molecular weight excluding hydrogens is 438 g/mol. The Morgan fingerprint density at radius 1 is 0.943 bits per heavy atom. The molecule has 1 atom stereocenters. The Balaban J connectivity index is 1.29. The lowest BCUT2D eigenvalue weighted by molar-refractivity contribution is -0.139. The quantitative estimate of drug-likeness (QED) is 0.443. The number of rotatable bonds is 7. The van der Waals surface area contributed by atoms with Gasteiger partial charge in [0, 0.05) is 5.70 Å². The number of hydrogen-bond donors (Lipinski definition) is 2. The first-order chi connectivity index (χ1) is 17.1. The van der Waals surface area contributed by atoms with Crippen molar-refractivity contribution in [2.45, 2.75) is 45.1 Å². The van der Waals surface area contributed by atoms with Gasteiger partial charge in [0.1, 0.15) is 11.9 Å². The summed E-state index contributed by atoms with van der Waals surface area (Å²) in [5.41, 5.74) is 11.7. The molecule has 0 aromatic heterocycles. The van der Waals surface area contributed by atoms with E-state index in [0.29, 0.717) is 11.7 Å². The zero-order valence-electron chi connectivity index (χ0n) is 20.0. The van der Waals surface area contributed by atoms with Crippen LogP contribution in [0.25, 0.3) is 0 Å². The molecule has 2 N–H and O–H groups in total. The summed E-state index contributed by atoms with van der Waals surface area (Å²) in [6, 6.07) is 23.0. The molecule has 35 heavy (non-hydrogen) atoms. The highest BCUT2D eigenvalue weighted by Gasteiger charge is 2.25. The Kier molecular flexibility index (Phi) is 6.87. The summed E-state index contributed by atoms with van der Waals surface area (Å²) >= 11 is 0. The van der Waals surface area contributed by atoms with Crippen LogP contribution in [0.15, 0.2) is 78.5 Å². The summed E-state index contributed by atoms with van der Waals surface area (Å²) in [6.07, 6.45) is 6.87. The minimum atomic E-state index is -0.958. The number of hydroxylamine groups is 1. The topological polar surface area (TPSA) is 67.8 Å². The Morgan fingerprint density at radius 2 is 1.60 bits per heavy atom. The SMILES string of the molecule is CC(=CC1CCc2c(cccc2OCC(=O)O)C1)NOC1c2ccccc2CCc2ccccc21. The minimum Gasteiger partial charge on any atom is -0.482 e. The number of nitrogens with one attached hydrogen (secondary N) is 1. The lowest BCUT2D eigenvalue weighted by Crippen LogP contribution is -2.21. The van der Waals surface area contributed by atoms with Crippen molar-refractivity contribution in [1.82, 2.24) is 5.48 Å². The largest absolute Gasteiger partial charge is 0.482 e. The third-order valence-corrected chi connectivity index (χ3v) is 6.99. The number of carboxylic acids is 1. The zero-order valence-corrected chi connectivity index (χ0v) is 20.0. The van der Waals surface area contributed by atoms with Crippen LogP contribution in [0.4, 0.5) is 0 Å². The van der Waals surface area contributed by atoms with Crippen LogP contribution in [0.1, 0.15) is 52.8 Å². The number of carboxylic acid groups (broad SMARTS) is 1. The molecule has 5 heteroatoms. The second-order valence-corrected chi connectivity index (χ2v) is 9.43. The Labute approximate surface area is 206 Å². The molecule has 5 nitrogen and oxygen atoms in total. The molecule has 2 aliphatic carbocycles. The fraction of sp³-hybridized carbons (Fsp3) is 0.300. The lowest BCUT2D eigenvalue weighted by atomic mass is 9.83. The number of fused-ring (bicyclic) bond motifs is 3. The predicted molar refractivity (Wildman–Crippen MR) is 135 cm³/mol. The van der Waals surface area contributed by atoms with Crippen LogP contribution in [-0.2, 0) is 35.3 Å². The van der Waals surface area contributed by atoms with Gasteiger partial charge < -0.3 is 9.84 Å². The lowest BCUT2D eigenvalue weighted by Gasteiger charge is -2.25. The van der Waals surface area contributed by atoms with Gasteiger partial charge in [-0.3, -0.25) is 10.3 Å². The van der Waals surface area contributed by atoms with Gasteiger partial charge in [0.2, 0.25) is 0 Å². The molecule has 5 rings (SSSR count). The van der Waals surface area contributed by atoms with E-state index in [1.165, 1.54) is 27.8 Å². The van der Waals surface area contributed by atoms with Gasteiger partial charge in [-0.25, -0.2) is 4.79 Å². The normalized spacial score (nSPS) is 17.5. The molecule has 0 saturated carbocycles. The first kappa shape index (κ1) is 23.2. The summed E-state index contributed by atoms with van der Waals surface area (Å²) in [5, 5.41) is 8.94. The summed E-state index contributed by atoms with van der Waals surface area (Å²) in [7, 11) is 0. The van der Waals surface area contributed by atoms with Gasteiger partial charge in [0.05, 0.1) is 0 Å². The minimum absolute atomic E-state index is 0.158. The van der Waals surface area contributed by atoms with Crippen molar-refractivity contribution in [3.63, 3.8) is 0 Å². The van der Waals surface area contributed by atoms with E-state index >= 15 is 0 Å². The van der Waals surface area contributed by atoms with Crippen LogP contribution in [0, 0.1) is 5.92 Å². The maximum Gasteiger partial charge on any atom is 0.341 e. The van der Waals surface area contributed by atoms with Crippen LogP contribution in [-0.4, -0.2) is 17.7 Å². The van der Waals surface area contributed by atoms with Gasteiger partial charge in [0.25, 0.3) is 0 Å². The van der Waals surface area contributed by atoms with Crippen LogP contribution < -0.4 is 10.2 Å². The van der Waals surface area contributed by atoms with Crippen molar-refractivity contribution >= 4 is 5.97 Å². The highest BCUT2D eigenvalue weighted by Crippen LogP contribution is 2.35. The van der Waals surface area contributed by atoms with E-state index in [0.717, 1.165) is 43.4 Å². The van der Waals surface area contributed by atoms with Crippen LogP contribution in [0.5, 0.6) is 5.75 Å². The van der Waals surface area contributed by atoms with Crippen molar-refractivity contribution in [3.05, 3.63) is 112 Å². The second kappa shape index (κ2) is 10.4. The van der Waals surface area contributed by atoms with Crippen molar-refractivity contribution in [1.29, 1.82) is 0 Å². The molecule has 2 aliphatic rings. The third-order valence-electron chi connectivity index (χ3n) is 6.99. The van der Waals surface area contributed by atoms with Crippen molar-refractivity contribution in [2.75, 3.05) is 6.61 Å². The molecular formula is C30H31NO4. The van der Waals surface area contributed by atoms with E-state index in [9.17, 15) is 4.79 Å². The summed E-state index contributed by atoms with van der Waals surface area (Å²) in [6.45, 7) is 1.74. The van der Waals surface area contributed by atoms with E-state index < -0.39 is 5.97 Å². The zero-order chi connectivity index (χ0) is 24.2. The number of aliphatic carboxylic acids is 1. The number of ether oxygens (including phenoxy) is 1. The molecule has 0 bridgehead atoms. The van der Waals surface area contributed by atoms with Gasteiger partial charge in [-0.05, 0) is 84.4 Å². The van der Waals surface area contributed by atoms with Gasteiger partial charge in [-0.2, -0.15) is 0 Å². The van der Waals surface area contributed by atoms with Crippen LogP contribution in [0.3, 0.4) is 0 Å². The average Bonchev–Trinajstić information content (AvgIpc) is 3.03. The monoisotopic (exact) mass is 469 g/mol. The first-order valence-corrected chi connectivity index (χ1v) is 12.3. The Bertz CT molecular complexity index is 1200. The molecule has 180 valence electrons. The van der Waals surface area contributed by atoms with Gasteiger partial charge >= 0.3 is 5.97 Å². The fourth-order valence-electron chi connectivity index (χ4n) is 5.36. The Morgan fingerprint density at radius 3 is 2.29 bits per heavy atom. The van der Waals surface area contributed by atoms with E-state index in [-0.39, 0.29) is 12.7 Å². The van der Waals surface area contributed by atoms with Crippen LogP contribution >= 0.6 is 0 Å². The molecule has 0 aliphatic heterocycles. The average molecular weight is 470 g/mol. The molecule has 1 unspecified atom stereocenters. The number of carbonyl (C=O) groups is 1. The van der Waals surface area contributed by atoms with E-state index in [4.69, 9.17) is 14.7 Å². The predicted octanol–water partition coefficient (Wildman–Crippen LogP) is 5.57. The van der Waals surface area contributed by atoms with E-state index in [1.54, 1.807) is 0 Å². The summed E-state index contributed by atoms with van der Waals surface area (Å²) in [5.74, 6) is 0.109.